The Balaban J connectivity index is 2.92. The van der Waals surface area contributed by atoms with Gasteiger partial charge in [-0.15, -0.1) is 0 Å². The van der Waals surface area contributed by atoms with E-state index in [0.717, 1.165) is 0 Å². The first-order valence-electron chi connectivity index (χ1n) is 6.75. The van der Waals surface area contributed by atoms with Crippen molar-refractivity contribution < 1.29 is 14.4 Å². The average Bonchev–Trinajstić information content (AvgIpc) is 2.35. The largest absolute Gasteiger partial charge is 0.484 e. The maximum Gasteiger partial charge on any atom is 0.333 e. The number of hydrogen-bond donors (Lipinski definition) is 1. The smallest absolute Gasteiger partial charge is 0.333 e. The van der Waals surface area contributed by atoms with Crippen molar-refractivity contribution in [3.05, 3.63) is 28.3 Å². The summed E-state index contributed by atoms with van der Waals surface area (Å²) >= 11 is 0. The first-order chi connectivity index (χ1) is 9.45. The van der Waals surface area contributed by atoms with Crippen LogP contribution in [-0.4, -0.2) is 30.3 Å². The second kappa shape index (κ2) is 7.69. The van der Waals surface area contributed by atoms with Crippen LogP contribution in [0, 0.1) is 10.1 Å². The molecule has 0 radical (unpaired) electrons. The maximum absolute atomic E-state index is 11.2. The Morgan fingerprint density at radius 3 is 2.60 bits per heavy atom. The second-order valence-corrected chi connectivity index (χ2v) is 4.72. The molecule has 1 rings (SSSR count). The molecule has 6 heteroatoms. The van der Waals surface area contributed by atoms with E-state index in [4.69, 9.17) is 9.47 Å². The molecule has 0 heterocycles. The van der Waals surface area contributed by atoms with E-state index in [0.29, 0.717) is 18.8 Å². The zero-order chi connectivity index (χ0) is 15.1. The van der Waals surface area contributed by atoms with Gasteiger partial charge in [-0.2, -0.15) is 0 Å². The Hall–Kier alpha value is -1.82. The van der Waals surface area contributed by atoms with E-state index in [-0.39, 0.29) is 23.6 Å². The minimum absolute atomic E-state index is 0.0192. The SMILES string of the molecule is CCOC(C)CNc1cccc(OC(C)C)c1[N+](=O)[O-]. The van der Waals surface area contributed by atoms with Crippen LogP contribution >= 0.6 is 0 Å². The van der Waals surface area contributed by atoms with Crippen LogP contribution in [0.5, 0.6) is 5.75 Å². The Morgan fingerprint density at radius 1 is 1.35 bits per heavy atom. The summed E-state index contributed by atoms with van der Waals surface area (Å²) in [6, 6.07) is 5.01. The fraction of sp³-hybridized carbons (Fsp3) is 0.571. The quantitative estimate of drug-likeness (QED) is 0.585. The molecule has 112 valence electrons. The van der Waals surface area contributed by atoms with Crippen LogP contribution in [-0.2, 0) is 4.74 Å². The zero-order valence-electron chi connectivity index (χ0n) is 12.4. The molecule has 1 atom stereocenters. The van der Waals surface area contributed by atoms with Crippen LogP contribution in [0.15, 0.2) is 18.2 Å². The first kappa shape index (κ1) is 16.2. The normalized spacial score (nSPS) is 12.2. The average molecular weight is 282 g/mol. The van der Waals surface area contributed by atoms with Crippen molar-refractivity contribution in [2.24, 2.45) is 0 Å². The lowest BCUT2D eigenvalue weighted by Gasteiger charge is -2.15. The van der Waals surface area contributed by atoms with Crippen molar-refractivity contribution in [1.29, 1.82) is 0 Å². The number of nitrogens with one attached hydrogen (secondary N) is 1. The summed E-state index contributed by atoms with van der Waals surface area (Å²) in [6.07, 6.45) is -0.138. The molecular weight excluding hydrogens is 260 g/mol. The molecule has 0 aromatic heterocycles. The standard InChI is InChI=1S/C14H22N2O4/c1-5-19-11(4)9-15-12-7-6-8-13(20-10(2)3)14(12)16(17)18/h6-8,10-11,15H,5,9H2,1-4H3. The van der Waals surface area contributed by atoms with Crippen LogP contribution in [0.25, 0.3) is 0 Å². The van der Waals surface area contributed by atoms with Gasteiger partial charge in [0.05, 0.1) is 17.1 Å². The van der Waals surface area contributed by atoms with Gasteiger partial charge in [0.1, 0.15) is 5.69 Å². The van der Waals surface area contributed by atoms with E-state index >= 15 is 0 Å². The molecule has 0 fully saturated rings. The lowest BCUT2D eigenvalue weighted by atomic mass is 10.2. The molecule has 6 nitrogen and oxygen atoms in total. The molecule has 0 aliphatic rings. The van der Waals surface area contributed by atoms with E-state index in [1.165, 1.54) is 0 Å². The number of hydrogen-bond acceptors (Lipinski definition) is 5. The Bertz CT molecular complexity index is 449. The van der Waals surface area contributed by atoms with Gasteiger partial charge in [-0.3, -0.25) is 10.1 Å². The summed E-state index contributed by atoms with van der Waals surface area (Å²) < 4.78 is 10.9. The third-order valence-corrected chi connectivity index (χ3v) is 2.58. The molecule has 1 aromatic rings. The molecule has 0 bridgehead atoms. The molecule has 20 heavy (non-hydrogen) atoms. The van der Waals surface area contributed by atoms with Gasteiger partial charge in [0.25, 0.3) is 0 Å². The minimum Gasteiger partial charge on any atom is -0.484 e. The van der Waals surface area contributed by atoms with Crippen LogP contribution in [0.2, 0.25) is 0 Å². The Kier molecular flexibility index (Phi) is 6.24. The fourth-order valence-corrected chi connectivity index (χ4v) is 1.80. The molecule has 1 N–H and O–H groups in total. The lowest BCUT2D eigenvalue weighted by Crippen LogP contribution is -2.20. The van der Waals surface area contributed by atoms with Crippen LogP contribution < -0.4 is 10.1 Å². The summed E-state index contributed by atoms with van der Waals surface area (Å²) in [6.45, 7) is 8.61. The monoisotopic (exact) mass is 282 g/mol. The van der Waals surface area contributed by atoms with Gasteiger partial charge in [-0.1, -0.05) is 6.07 Å². The topological polar surface area (TPSA) is 73.6 Å². The maximum atomic E-state index is 11.2. The number of rotatable bonds is 8. The number of nitro groups is 1. The highest BCUT2D eigenvalue weighted by Crippen LogP contribution is 2.35. The van der Waals surface area contributed by atoms with Gasteiger partial charge >= 0.3 is 5.69 Å². The lowest BCUT2D eigenvalue weighted by molar-refractivity contribution is -0.385. The van der Waals surface area contributed by atoms with E-state index in [9.17, 15) is 10.1 Å². The zero-order valence-corrected chi connectivity index (χ0v) is 12.4. The highest BCUT2D eigenvalue weighted by atomic mass is 16.6. The van der Waals surface area contributed by atoms with Gasteiger partial charge in [0.2, 0.25) is 0 Å². The molecule has 0 saturated carbocycles. The van der Waals surface area contributed by atoms with Crippen molar-refractivity contribution in [2.45, 2.75) is 39.9 Å². The number of para-hydroxylation sites is 1. The molecule has 1 unspecified atom stereocenters. The molecule has 0 spiro atoms. The summed E-state index contributed by atoms with van der Waals surface area (Å²) in [7, 11) is 0. The fourth-order valence-electron chi connectivity index (χ4n) is 1.80. The second-order valence-electron chi connectivity index (χ2n) is 4.72. The van der Waals surface area contributed by atoms with Crippen molar-refractivity contribution in [1.82, 2.24) is 0 Å². The van der Waals surface area contributed by atoms with Crippen LogP contribution in [0.4, 0.5) is 11.4 Å². The highest BCUT2D eigenvalue weighted by Gasteiger charge is 2.21. The van der Waals surface area contributed by atoms with E-state index < -0.39 is 4.92 Å². The van der Waals surface area contributed by atoms with Gasteiger partial charge in [-0.05, 0) is 39.8 Å². The van der Waals surface area contributed by atoms with Crippen molar-refractivity contribution in [3.63, 3.8) is 0 Å². The third kappa shape index (κ3) is 4.70. The summed E-state index contributed by atoms with van der Waals surface area (Å²) in [5, 5.41) is 14.3. The summed E-state index contributed by atoms with van der Waals surface area (Å²) in [5.41, 5.74) is 0.407. The number of anilines is 1. The van der Waals surface area contributed by atoms with Crippen molar-refractivity contribution >= 4 is 11.4 Å². The molecule has 0 saturated heterocycles. The molecule has 0 aliphatic heterocycles. The number of benzene rings is 1. The number of nitrogens with zero attached hydrogens (tertiary/aromatic N) is 1. The van der Waals surface area contributed by atoms with Crippen molar-refractivity contribution in [2.75, 3.05) is 18.5 Å². The van der Waals surface area contributed by atoms with E-state index in [1.807, 2.05) is 27.7 Å². The van der Waals surface area contributed by atoms with E-state index in [1.54, 1.807) is 18.2 Å². The van der Waals surface area contributed by atoms with Crippen LogP contribution in [0.1, 0.15) is 27.7 Å². The highest BCUT2D eigenvalue weighted by molar-refractivity contribution is 5.68. The molecule has 0 amide bonds. The van der Waals surface area contributed by atoms with Gasteiger partial charge in [0, 0.05) is 13.2 Å². The number of nitro benzene ring substituents is 1. The summed E-state index contributed by atoms with van der Waals surface area (Å²) in [4.78, 5) is 10.8. The molecule has 0 aliphatic carbocycles. The Morgan fingerprint density at radius 2 is 2.05 bits per heavy atom. The third-order valence-electron chi connectivity index (χ3n) is 2.58. The minimum atomic E-state index is -0.425. The van der Waals surface area contributed by atoms with Gasteiger partial charge in [-0.25, -0.2) is 0 Å². The van der Waals surface area contributed by atoms with Gasteiger partial charge < -0.3 is 14.8 Å². The van der Waals surface area contributed by atoms with Gasteiger partial charge in [0.15, 0.2) is 5.75 Å². The van der Waals surface area contributed by atoms with E-state index in [2.05, 4.69) is 5.32 Å². The predicted octanol–water partition coefficient (Wildman–Crippen LogP) is 3.22. The first-order valence-corrected chi connectivity index (χ1v) is 6.75. The Labute approximate surface area is 119 Å². The van der Waals surface area contributed by atoms with Crippen LogP contribution in [0.3, 0.4) is 0 Å². The molecule has 1 aromatic carbocycles. The molecular formula is C14H22N2O4. The predicted molar refractivity (Wildman–Crippen MR) is 78.4 cm³/mol. The summed E-state index contributed by atoms with van der Waals surface area (Å²) in [5.74, 6) is 0.277. The number of ether oxygens (including phenoxy) is 2. The van der Waals surface area contributed by atoms with Crippen molar-refractivity contribution in [3.8, 4) is 5.75 Å².